The van der Waals surface area contributed by atoms with Crippen LogP contribution in [0.1, 0.15) is 49.9 Å². The fourth-order valence-electron chi connectivity index (χ4n) is 3.43. The molecule has 9 nitrogen and oxygen atoms in total. The molecule has 0 bridgehead atoms. The van der Waals surface area contributed by atoms with Crippen LogP contribution in [0.3, 0.4) is 0 Å². The fraction of sp³-hybridized carbons (Fsp3) is 0.600. The highest BCUT2D eigenvalue weighted by Crippen LogP contribution is 2.35. The minimum atomic E-state index is -0.959. The average molecular weight is 408 g/mol. The number of hydrogen-bond donors (Lipinski definition) is 0. The second kappa shape index (κ2) is 10.1. The van der Waals surface area contributed by atoms with Gasteiger partial charge in [-0.15, -0.1) is 0 Å². The van der Waals surface area contributed by atoms with E-state index in [1.165, 1.54) is 13.2 Å². The number of likely N-dealkylation sites (N-methyl/N-ethyl adjacent to an activating group) is 1. The van der Waals surface area contributed by atoms with Crippen LogP contribution >= 0.6 is 0 Å². The van der Waals surface area contributed by atoms with Crippen molar-refractivity contribution in [1.82, 2.24) is 4.90 Å². The van der Waals surface area contributed by atoms with Crippen molar-refractivity contribution in [3.05, 3.63) is 27.8 Å². The van der Waals surface area contributed by atoms with Crippen LogP contribution in [-0.2, 0) is 9.53 Å². The van der Waals surface area contributed by atoms with Gasteiger partial charge in [-0.05, 0) is 38.5 Å². The molecule has 2 rings (SSSR count). The van der Waals surface area contributed by atoms with E-state index >= 15 is 0 Å². The third-order valence-electron chi connectivity index (χ3n) is 5.25. The summed E-state index contributed by atoms with van der Waals surface area (Å²) in [5.41, 5.74) is -0.765. The van der Waals surface area contributed by atoms with Crippen LogP contribution < -0.4 is 9.47 Å². The smallest absolute Gasteiger partial charge is 0.345 e. The largest absolute Gasteiger partial charge is 0.493 e. The van der Waals surface area contributed by atoms with Gasteiger partial charge in [-0.3, -0.25) is 14.9 Å². The van der Waals surface area contributed by atoms with E-state index in [9.17, 15) is 19.7 Å². The zero-order chi connectivity index (χ0) is 21.6. The van der Waals surface area contributed by atoms with Gasteiger partial charge in [0, 0.05) is 19.2 Å². The maximum absolute atomic E-state index is 12.5. The number of nitro groups is 1. The van der Waals surface area contributed by atoms with Gasteiger partial charge in [-0.25, -0.2) is 4.79 Å². The number of hydrogen-bond acceptors (Lipinski definition) is 7. The molecule has 0 aromatic heterocycles. The van der Waals surface area contributed by atoms with E-state index in [1.54, 1.807) is 18.9 Å². The standard InChI is InChI=1S/C20H28N2O7/c1-5-28-18-10-15(16(22(25)26)11-17(18)27-4)20(24)29-12-19(23)21(3)14-8-6-13(2)7-9-14/h10-11,13-14H,5-9,12H2,1-4H3. The summed E-state index contributed by atoms with van der Waals surface area (Å²) in [5.74, 6) is -0.314. The number of esters is 1. The van der Waals surface area contributed by atoms with Gasteiger partial charge < -0.3 is 19.1 Å². The Hall–Kier alpha value is -2.84. The van der Waals surface area contributed by atoms with Crippen LogP contribution in [0.2, 0.25) is 0 Å². The predicted molar refractivity (Wildman–Crippen MR) is 105 cm³/mol. The van der Waals surface area contributed by atoms with E-state index in [4.69, 9.17) is 14.2 Å². The zero-order valence-electron chi connectivity index (χ0n) is 17.3. The highest BCUT2D eigenvalue weighted by atomic mass is 16.6. The molecule has 1 aliphatic carbocycles. The molecule has 1 fully saturated rings. The number of carbonyl (C=O) groups excluding carboxylic acids is 2. The maximum atomic E-state index is 12.5. The Morgan fingerprint density at radius 1 is 1.21 bits per heavy atom. The van der Waals surface area contributed by atoms with Crippen molar-refractivity contribution >= 4 is 17.6 Å². The van der Waals surface area contributed by atoms with Crippen LogP contribution in [0, 0.1) is 16.0 Å². The third kappa shape index (κ3) is 5.58. The minimum Gasteiger partial charge on any atom is -0.493 e. The van der Waals surface area contributed by atoms with Gasteiger partial charge in [0.05, 0.1) is 24.7 Å². The number of benzene rings is 1. The Morgan fingerprint density at radius 2 is 1.86 bits per heavy atom. The first-order valence-electron chi connectivity index (χ1n) is 9.70. The first-order chi connectivity index (χ1) is 13.8. The van der Waals surface area contributed by atoms with E-state index in [0.29, 0.717) is 5.92 Å². The Labute approximate surface area is 170 Å². The average Bonchev–Trinajstić information content (AvgIpc) is 2.71. The summed E-state index contributed by atoms with van der Waals surface area (Å²) in [6.45, 7) is 3.73. The predicted octanol–water partition coefficient (Wildman–Crippen LogP) is 3.20. The summed E-state index contributed by atoms with van der Waals surface area (Å²) in [5, 5.41) is 11.4. The van der Waals surface area contributed by atoms with Crippen LogP contribution in [0.4, 0.5) is 5.69 Å². The maximum Gasteiger partial charge on any atom is 0.345 e. The third-order valence-corrected chi connectivity index (χ3v) is 5.25. The molecule has 0 radical (unpaired) electrons. The van der Waals surface area contributed by atoms with Gasteiger partial charge in [0.1, 0.15) is 5.56 Å². The van der Waals surface area contributed by atoms with Crippen molar-refractivity contribution in [1.29, 1.82) is 0 Å². The highest BCUT2D eigenvalue weighted by molar-refractivity contribution is 5.96. The zero-order valence-corrected chi connectivity index (χ0v) is 17.3. The van der Waals surface area contributed by atoms with Crippen LogP contribution in [0.25, 0.3) is 0 Å². The molecule has 9 heteroatoms. The number of carbonyl (C=O) groups is 2. The van der Waals surface area contributed by atoms with E-state index in [1.807, 2.05) is 0 Å². The highest BCUT2D eigenvalue weighted by Gasteiger charge is 2.28. The summed E-state index contributed by atoms with van der Waals surface area (Å²) in [4.78, 5) is 37.2. The normalized spacial score (nSPS) is 18.6. The van der Waals surface area contributed by atoms with Crippen molar-refractivity contribution in [3.8, 4) is 11.5 Å². The van der Waals surface area contributed by atoms with Crippen LogP contribution in [-0.4, -0.2) is 55.1 Å². The SMILES string of the molecule is CCOc1cc(C(=O)OCC(=O)N(C)C2CCC(C)CC2)c([N+](=O)[O-])cc1OC. The molecule has 1 aliphatic rings. The van der Waals surface area contributed by atoms with Crippen LogP contribution in [0.15, 0.2) is 12.1 Å². The lowest BCUT2D eigenvalue weighted by Crippen LogP contribution is -2.41. The van der Waals surface area contributed by atoms with Gasteiger partial charge in [0.15, 0.2) is 18.1 Å². The summed E-state index contributed by atoms with van der Waals surface area (Å²) >= 11 is 0. The van der Waals surface area contributed by atoms with Crippen molar-refractivity contribution in [2.75, 3.05) is 27.4 Å². The lowest BCUT2D eigenvalue weighted by molar-refractivity contribution is -0.385. The molecule has 0 saturated heterocycles. The second-order valence-electron chi connectivity index (χ2n) is 7.20. The van der Waals surface area contributed by atoms with Gasteiger partial charge in [-0.2, -0.15) is 0 Å². The van der Waals surface area contributed by atoms with E-state index in [-0.39, 0.29) is 35.6 Å². The Morgan fingerprint density at radius 3 is 2.41 bits per heavy atom. The van der Waals surface area contributed by atoms with Gasteiger partial charge in [0.25, 0.3) is 11.6 Å². The fourth-order valence-corrected chi connectivity index (χ4v) is 3.43. The topological polar surface area (TPSA) is 108 Å². The first-order valence-corrected chi connectivity index (χ1v) is 9.70. The number of methoxy groups -OCH3 is 1. The lowest BCUT2D eigenvalue weighted by Gasteiger charge is -2.33. The molecular weight excluding hydrogens is 380 g/mol. The molecule has 1 saturated carbocycles. The molecule has 160 valence electrons. The molecule has 0 aliphatic heterocycles. The van der Waals surface area contributed by atoms with Gasteiger partial charge in [0.2, 0.25) is 0 Å². The molecule has 0 heterocycles. The monoisotopic (exact) mass is 408 g/mol. The second-order valence-corrected chi connectivity index (χ2v) is 7.20. The molecule has 1 amide bonds. The Bertz CT molecular complexity index is 757. The van der Waals surface area contributed by atoms with E-state index in [2.05, 4.69) is 6.92 Å². The number of rotatable bonds is 8. The van der Waals surface area contributed by atoms with Gasteiger partial charge in [-0.1, -0.05) is 6.92 Å². The molecule has 0 N–H and O–H groups in total. The molecule has 0 spiro atoms. The first kappa shape index (κ1) is 22.4. The van der Waals surface area contributed by atoms with Gasteiger partial charge >= 0.3 is 5.97 Å². The molecule has 0 unspecified atom stereocenters. The number of amides is 1. The molecule has 0 atom stereocenters. The van der Waals surface area contributed by atoms with Crippen molar-refractivity contribution in [3.63, 3.8) is 0 Å². The van der Waals surface area contributed by atoms with Crippen molar-refractivity contribution in [2.24, 2.45) is 5.92 Å². The van der Waals surface area contributed by atoms with Crippen LogP contribution in [0.5, 0.6) is 11.5 Å². The molecule has 29 heavy (non-hydrogen) atoms. The Kier molecular flexibility index (Phi) is 7.81. The molecule has 1 aromatic rings. The molecule has 1 aromatic carbocycles. The van der Waals surface area contributed by atoms with E-state index in [0.717, 1.165) is 31.7 Å². The lowest BCUT2D eigenvalue weighted by atomic mass is 9.87. The van der Waals surface area contributed by atoms with Crippen molar-refractivity contribution in [2.45, 2.75) is 45.6 Å². The summed E-state index contributed by atoms with van der Waals surface area (Å²) in [6.07, 6.45) is 3.94. The number of ether oxygens (including phenoxy) is 3. The summed E-state index contributed by atoms with van der Waals surface area (Å²) in [7, 11) is 3.04. The quantitative estimate of drug-likeness (QED) is 0.369. The number of nitro benzene ring substituents is 1. The molecular formula is C20H28N2O7. The summed E-state index contributed by atoms with van der Waals surface area (Å²) in [6, 6.07) is 2.44. The minimum absolute atomic E-state index is 0.122. The van der Waals surface area contributed by atoms with E-state index < -0.39 is 23.2 Å². The van der Waals surface area contributed by atoms with Crippen molar-refractivity contribution < 1.29 is 28.7 Å². The summed E-state index contributed by atoms with van der Waals surface area (Å²) < 4.78 is 15.5. The Balaban J connectivity index is 2.10. The number of nitrogens with zero attached hydrogens (tertiary/aromatic N) is 2.